The van der Waals surface area contributed by atoms with Crippen LogP contribution in [0.4, 0.5) is 17.2 Å². The number of nitrogens with zero attached hydrogens (tertiary/aromatic N) is 3. The van der Waals surface area contributed by atoms with Crippen LogP contribution in [-0.4, -0.2) is 49.5 Å². The number of fused-ring (bicyclic) bond motifs is 1. The minimum atomic E-state index is -0.599. The van der Waals surface area contributed by atoms with Gasteiger partial charge < -0.3 is 20.3 Å². The third kappa shape index (κ3) is 5.51. The van der Waals surface area contributed by atoms with Crippen LogP contribution in [0.3, 0.4) is 0 Å². The normalized spacial score (nSPS) is 23.0. The summed E-state index contributed by atoms with van der Waals surface area (Å²) in [6.07, 6.45) is 7.38. The molecule has 7 heteroatoms. The number of carbonyl (C=O) groups excluding carboxylic acids is 2. The average molecular weight is 541 g/mol. The molecular formula is C33H40N4O3. The monoisotopic (exact) mass is 540 g/mol. The summed E-state index contributed by atoms with van der Waals surface area (Å²) >= 11 is 0. The second-order valence-electron chi connectivity index (χ2n) is 11.3. The maximum absolute atomic E-state index is 13.2. The fourth-order valence-electron chi connectivity index (χ4n) is 6.30. The molecule has 210 valence electrons. The molecular weight excluding hydrogens is 500 g/mol. The molecule has 40 heavy (non-hydrogen) atoms. The number of hydrogen-bond donors (Lipinski definition) is 1. The number of rotatable bonds is 6. The summed E-state index contributed by atoms with van der Waals surface area (Å²) in [5, 5.41) is 0. The molecule has 1 amide bonds. The highest BCUT2D eigenvalue weighted by Crippen LogP contribution is 2.41. The number of aromatic nitrogens is 1. The molecule has 0 bridgehead atoms. The van der Waals surface area contributed by atoms with Crippen LogP contribution in [0.1, 0.15) is 70.4 Å². The van der Waals surface area contributed by atoms with Gasteiger partial charge in [-0.05, 0) is 62.4 Å². The van der Waals surface area contributed by atoms with Gasteiger partial charge in [-0.25, -0.2) is 4.98 Å². The topological polar surface area (TPSA) is 88.8 Å². The molecule has 0 spiro atoms. The predicted molar refractivity (Wildman–Crippen MR) is 159 cm³/mol. The Kier molecular flexibility index (Phi) is 8.27. The third-order valence-electron chi connectivity index (χ3n) is 8.55. The fourth-order valence-corrected chi connectivity index (χ4v) is 6.30. The number of nitrogens with two attached hydrogens (primary N) is 1. The van der Waals surface area contributed by atoms with E-state index in [9.17, 15) is 9.59 Å². The standard InChI is InChI=1S/C33H40N4O3/c1-4-8-25-10-7-13-33(3,30(25)38)14-12-23-9-6-11-26(19-23)37-22-24(5-2)29(31(34)39)28-20-27(21-35-32(28)37)36-15-17-40-18-16-36/h6,9,11,19-21,25H,4-5,7-8,10,13,15-18,22H2,1-3H3,(H2,34,39). The first-order valence-electron chi connectivity index (χ1n) is 14.6. The van der Waals surface area contributed by atoms with E-state index in [2.05, 4.69) is 41.6 Å². The van der Waals surface area contributed by atoms with Crippen molar-refractivity contribution < 1.29 is 14.3 Å². The van der Waals surface area contributed by atoms with Gasteiger partial charge in [-0.2, -0.15) is 0 Å². The van der Waals surface area contributed by atoms with Crippen LogP contribution in [0.25, 0.3) is 5.57 Å². The highest BCUT2D eigenvalue weighted by atomic mass is 16.5. The zero-order valence-corrected chi connectivity index (χ0v) is 24.0. The molecule has 1 aliphatic carbocycles. The molecule has 2 fully saturated rings. The Morgan fingerprint density at radius 2 is 2.00 bits per heavy atom. The first kappa shape index (κ1) is 27.9. The fraction of sp³-hybridized carbons (Fsp3) is 0.485. The summed E-state index contributed by atoms with van der Waals surface area (Å²) in [6.45, 7) is 9.62. The lowest BCUT2D eigenvalue weighted by Crippen LogP contribution is -2.37. The van der Waals surface area contributed by atoms with Crippen LogP contribution in [0.2, 0.25) is 0 Å². The Morgan fingerprint density at radius 1 is 1.20 bits per heavy atom. The number of carbonyl (C=O) groups is 2. The Hall–Kier alpha value is -3.63. The summed E-state index contributed by atoms with van der Waals surface area (Å²) in [6, 6.07) is 10.1. The average Bonchev–Trinajstić information content (AvgIpc) is 2.98. The van der Waals surface area contributed by atoms with E-state index in [4.69, 9.17) is 15.5 Å². The Morgan fingerprint density at radius 3 is 2.73 bits per heavy atom. The van der Waals surface area contributed by atoms with Crippen molar-refractivity contribution in [3.63, 3.8) is 0 Å². The predicted octanol–water partition coefficient (Wildman–Crippen LogP) is 5.25. The molecule has 1 aromatic carbocycles. The third-order valence-corrected chi connectivity index (χ3v) is 8.55. The minimum absolute atomic E-state index is 0.126. The number of anilines is 3. The largest absolute Gasteiger partial charge is 0.378 e. The smallest absolute Gasteiger partial charge is 0.249 e. The highest BCUT2D eigenvalue weighted by Gasteiger charge is 2.39. The van der Waals surface area contributed by atoms with E-state index in [1.807, 2.05) is 37.4 Å². The van der Waals surface area contributed by atoms with Crippen LogP contribution in [-0.2, 0) is 14.3 Å². The van der Waals surface area contributed by atoms with E-state index in [1.54, 1.807) is 0 Å². The zero-order valence-electron chi connectivity index (χ0n) is 24.0. The maximum atomic E-state index is 13.2. The van der Waals surface area contributed by atoms with Crippen LogP contribution in [0.5, 0.6) is 0 Å². The number of pyridine rings is 1. The van der Waals surface area contributed by atoms with Crippen molar-refractivity contribution in [1.82, 2.24) is 4.98 Å². The molecule has 7 nitrogen and oxygen atoms in total. The van der Waals surface area contributed by atoms with Crippen molar-refractivity contribution in [2.45, 2.75) is 59.3 Å². The van der Waals surface area contributed by atoms with E-state index in [1.165, 1.54) is 0 Å². The summed E-state index contributed by atoms with van der Waals surface area (Å²) in [7, 11) is 0. The molecule has 2 N–H and O–H groups in total. The number of hydrogen-bond acceptors (Lipinski definition) is 6. The quantitative estimate of drug-likeness (QED) is 0.504. The van der Waals surface area contributed by atoms with Gasteiger partial charge in [-0.1, -0.05) is 44.6 Å². The van der Waals surface area contributed by atoms with Gasteiger partial charge in [0.1, 0.15) is 5.82 Å². The second kappa shape index (κ2) is 11.9. The Bertz CT molecular complexity index is 1380. The number of morpholine rings is 1. The van der Waals surface area contributed by atoms with Gasteiger partial charge in [-0.15, -0.1) is 0 Å². The van der Waals surface area contributed by atoms with Gasteiger partial charge in [0.2, 0.25) is 5.91 Å². The van der Waals surface area contributed by atoms with Crippen molar-refractivity contribution in [3.05, 3.63) is 53.2 Å². The van der Waals surface area contributed by atoms with Gasteiger partial charge in [-0.3, -0.25) is 9.59 Å². The van der Waals surface area contributed by atoms with Gasteiger partial charge >= 0.3 is 0 Å². The van der Waals surface area contributed by atoms with E-state index in [-0.39, 0.29) is 5.92 Å². The number of amides is 1. The lowest BCUT2D eigenvalue weighted by atomic mass is 9.69. The molecule has 2 aromatic rings. The van der Waals surface area contributed by atoms with Gasteiger partial charge in [0.05, 0.1) is 36.1 Å². The molecule has 5 rings (SSSR count). The van der Waals surface area contributed by atoms with Crippen LogP contribution in [0, 0.1) is 23.2 Å². The molecule has 0 radical (unpaired) electrons. The summed E-state index contributed by atoms with van der Waals surface area (Å²) in [4.78, 5) is 35.1. The van der Waals surface area contributed by atoms with Crippen LogP contribution < -0.4 is 15.5 Å². The first-order chi connectivity index (χ1) is 19.3. The van der Waals surface area contributed by atoms with Gasteiger partial charge in [0.15, 0.2) is 5.78 Å². The van der Waals surface area contributed by atoms with Crippen molar-refractivity contribution in [3.8, 4) is 11.8 Å². The van der Waals surface area contributed by atoms with Crippen molar-refractivity contribution in [2.24, 2.45) is 17.1 Å². The molecule has 3 heterocycles. The lowest BCUT2D eigenvalue weighted by molar-refractivity contribution is -0.132. The highest BCUT2D eigenvalue weighted by molar-refractivity contribution is 6.22. The van der Waals surface area contributed by atoms with Crippen molar-refractivity contribution in [1.29, 1.82) is 0 Å². The SMILES string of the molecule is CCCC1CCCC(C)(C#Cc2cccc(N3CC(CC)=C(C(N)=O)c4cc(N5CCOCC5)cnc43)c2)C1=O. The molecule has 3 aliphatic rings. The first-order valence-corrected chi connectivity index (χ1v) is 14.6. The number of primary amides is 1. The molecule has 2 unspecified atom stereocenters. The van der Waals surface area contributed by atoms with E-state index in [0.29, 0.717) is 43.4 Å². The Labute approximate surface area is 237 Å². The minimum Gasteiger partial charge on any atom is -0.378 e. The molecule has 1 aromatic heterocycles. The summed E-state index contributed by atoms with van der Waals surface area (Å²) in [5.74, 6) is 7.41. The van der Waals surface area contributed by atoms with Crippen molar-refractivity contribution >= 4 is 34.5 Å². The van der Waals surface area contributed by atoms with Crippen molar-refractivity contribution in [2.75, 3.05) is 42.6 Å². The number of benzene rings is 1. The van der Waals surface area contributed by atoms with Crippen LogP contribution >= 0.6 is 0 Å². The van der Waals surface area contributed by atoms with Gasteiger partial charge in [0.25, 0.3) is 0 Å². The van der Waals surface area contributed by atoms with Gasteiger partial charge in [0, 0.05) is 42.4 Å². The lowest BCUT2D eigenvalue weighted by Gasteiger charge is -2.34. The number of ether oxygens (including phenoxy) is 1. The molecule has 1 saturated heterocycles. The summed E-state index contributed by atoms with van der Waals surface area (Å²) < 4.78 is 5.52. The Balaban J connectivity index is 1.49. The van der Waals surface area contributed by atoms with E-state index < -0.39 is 11.3 Å². The van der Waals surface area contributed by atoms with E-state index >= 15 is 0 Å². The second-order valence-corrected chi connectivity index (χ2v) is 11.3. The van der Waals surface area contributed by atoms with Crippen LogP contribution in [0.15, 0.2) is 42.1 Å². The maximum Gasteiger partial charge on any atom is 0.249 e. The number of Topliss-reactive ketones (excluding diaryl/α,β-unsaturated/α-hetero) is 1. The summed E-state index contributed by atoms with van der Waals surface area (Å²) in [5.41, 5.74) is 10.4. The van der Waals surface area contributed by atoms with E-state index in [0.717, 1.165) is 73.3 Å². The molecule has 2 aliphatic heterocycles. The zero-order chi connectivity index (χ0) is 28.3. The molecule has 1 saturated carbocycles. The number of ketones is 1. The molecule has 2 atom stereocenters.